The predicted octanol–water partition coefficient (Wildman–Crippen LogP) is 2.23. The highest BCUT2D eigenvalue weighted by Gasteiger charge is 2.30. The SMILES string of the molecule is CCCN1C(c2ccc(Br)cc2)=C(C=O)Cc2c1n(C)c(=O)n(C)c2=O. The van der Waals surface area contributed by atoms with Gasteiger partial charge in [0.1, 0.15) is 12.1 Å². The van der Waals surface area contributed by atoms with Crippen LogP contribution in [0.3, 0.4) is 0 Å². The number of hydrogen-bond acceptors (Lipinski definition) is 4. The lowest BCUT2D eigenvalue weighted by Gasteiger charge is -2.35. The minimum absolute atomic E-state index is 0.214. The Morgan fingerprint density at radius 1 is 1.12 bits per heavy atom. The van der Waals surface area contributed by atoms with Crippen molar-refractivity contribution >= 4 is 33.7 Å². The van der Waals surface area contributed by atoms with Gasteiger partial charge in [-0.3, -0.25) is 18.7 Å². The second-order valence-corrected chi connectivity index (χ2v) is 7.25. The minimum Gasteiger partial charge on any atom is -0.326 e. The topological polar surface area (TPSA) is 64.3 Å². The summed E-state index contributed by atoms with van der Waals surface area (Å²) < 4.78 is 3.53. The average Bonchev–Trinajstić information content (AvgIpc) is 2.65. The average molecular weight is 418 g/mol. The van der Waals surface area contributed by atoms with Gasteiger partial charge < -0.3 is 4.90 Å². The maximum Gasteiger partial charge on any atom is 0.332 e. The molecule has 0 bridgehead atoms. The van der Waals surface area contributed by atoms with Gasteiger partial charge in [0.05, 0.1) is 11.3 Å². The number of carbonyl (C=O) groups excluding carboxylic acids is 1. The molecule has 0 radical (unpaired) electrons. The lowest BCUT2D eigenvalue weighted by atomic mass is 9.95. The predicted molar refractivity (Wildman–Crippen MR) is 105 cm³/mol. The molecule has 0 aliphatic carbocycles. The highest BCUT2D eigenvalue weighted by molar-refractivity contribution is 9.10. The largest absolute Gasteiger partial charge is 0.332 e. The summed E-state index contributed by atoms with van der Waals surface area (Å²) >= 11 is 3.42. The molecular weight excluding hydrogens is 398 g/mol. The van der Waals surface area contributed by atoms with Gasteiger partial charge in [0.15, 0.2) is 0 Å². The van der Waals surface area contributed by atoms with Crippen molar-refractivity contribution < 1.29 is 4.79 Å². The van der Waals surface area contributed by atoms with E-state index in [2.05, 4.69) is 15.9 Å². The van der Waals surface area contributed by atoms with Crippen molar-refractivity contribution in [2.75, 3.05) is 11.4 Å². The van der Waals surface area contributed by atoms with Crippen LogP contribution in [-0.4, -0.2) is 22.0 Å². The fourth-order valence-corrected chi connectivity index (χ4v) is 3.71. The van der Waals surface area contributed by atoms with Gasteiger partial charge in [-0.15, -0.1) is 0 Å². The third kappa shape index (κ3) is 2.86. The fourth-order valence-electron chi connectivity index (χ4n) is 3.44. The highest BCUT2D eigenvalue weighted by Crippen LogP contribution is 2.35. The third-order valence-corrected chi connectivity index (χ3v) is 5.16. The first-order valence-electron chi connectivity index (χ1n) is 8.41. The molecule has 0 spiro atoms. The number of nitrogens with zero attached hydrogens (tertiary/aromatic N) is 3. The van der Waals surface area contributed by atoms with Gasteiger partial charge in [-0.05, 0) is 24.1 Å². The van der Waals surface area contributed by atoms with E-state index in [1.165, 1.54) is 11.6 Å². The molecule has 1 aromatic heterocycles. The van der Waals surface area contributed by atoms with E-state index in [4.69, 9.17) is 0 Å². The number of aromatic nitrogens is 2. The molecule has 1 aliphatic rings. The molecule has 2 aromatic rings. The Balaban J connectivity index is 2.34. The molecule has 1 aliphatic heterocycles. The van der Waals surface area contributed by atoms with Crippen LogP contribution in [-0.2, 0) is 25.3 Å². The first-order chi connectivity index (χ1) is 12.4. The monoisotopic (exact) mass is 417 g/mol. The van der Waals surface area contributed by atoms with E-state index >= 15 is 0 Å². The number of rotatable bonds is 4. The molecule has 26 heavy (non-hydrogen) atoms. The molecule has 7 heteroatoms. The lowest BCUT2D eigenvalue weighted by molar-refractivity contribution is -0.104. The Morgan fingerprint density at radius 3 is 2.35 bits per heavy atom. The first-order valence-corrected chi connectivity index (χ1v) is 9.20. The van der Waals surface area contributed by atoms with Gasteiger partial charge in [-0.25, -0.2) is 4.79 Å². The molecular formula is C19H20BrN3O3. The summed E-state index contributed by atoms with van der Waals surface area (Å²) in [5.74, 6) is 0.573. The second-order valence-electron chi connectivity index (χ2n) is 6.33. The van der Waals surface area contributed by atoms with Crippen molar-refractivity contribution in [2.24, 2.45) is 14.1 Å². The zero-order chi connectivity index (χ0) is 19.0. The Bertz CT molecular complexity index is 1020. The maximum absolute atomic E-state index is 12.7. The van der Waals surface area contributed by atoms with Gasteiger partial charge in [-0.2, -0.15) is 0 Å². The van der Waals surface area contributed by atoms with Crippen molar-refractivity contribution in [3.8, 4) is 0 Å². The smallest absolute Gasteiger partial charge is 0.326 e. The van der Waals surface area contributed by atoms with Crippen LogP contribution >= 0.6 is 15.9 Å². The third-order valence-electron chi connectivity index (χ3n) is 4.63. The van der Waals surface area contributed by atoms with E-state index in [1.807, 2.05) is 36.1 Å². The van der Waals surface area contributed by atoms with Crippen molar-refractivity contribution in [2.45, 2.75) is 19.8 Å². The number of fused-ring (bicyclic) bond motifs is 1. The van der Waals surface area contributed by atoms with Crippen molar-refractivity contribution in [3.05, 3.63) is 66.3 Å². The Kier molecular flexibility index (Phi) is 5.00. The zero-order valence-electron chi connectivity index (χ0n) is 15.0. The summed E-state index contributed by atoms with van der Waals surface area (Å²) in [6, 6.07) is 7.67. The van der Waals surface area contributed by atoms with Gasteiger partial charge in [0.25, 0.3) is 5.56 Å². The van der Waals surface area contributed by atoms with E-state index in [-0.39, 0.29) is 17.7 Å². The number of benzene rings is 1. The summed E-state index contributed by atoms with van der Waals surface area (Å²) in [5, 5.41) is 0. The van der Waals surface area contributed by atoms with Crippen LogP contribution < -0.4 is 16.1 Å². The van der Waals surface area contributed by atoms with E-state index < -0.39 is 0 Å². The molecule has 3 rings (SSSR count). The van der Waals surface area contributed by atoms with Crippen LogP contribution in [0.5, 0.6) is 0 Å². The highest BCUT2D eigenvalue weighted by atomic mass is 79.9. The summed E-state index contributed by atoms with van der Waals surface area (Å²) in [6.07, 6.45) is 1.83. The number of hydrogen-bond donors (Lipinski definition) is 0. The standard InChI is InChI=1S/C19H20BrN3O3/c1-4-9-23-16(12-5-7-14(20)8-6-12)13(11-24)10-15-17(23)21(2)19(26)22(3)18(15)25/h5-8,11H,4,9-10H2,1-3H3. The van der Waals surface area contributed by atoms with Crippen molar-refractivity contribution in [1.82, 2.24) is 9.13 Å². The van der Waals surface area contributed by atoms with Crippen molar-refractivity contribution in [1.29, 1.82) is 0 Å². The van der Waals surface area contributed by atoms with E-state index in [1.54, 1.807) is 7.05 Å². The lowest BCUT2D eigenvalue weighted by Crippen LogP contribution is -2.45. The molecule has 0 atom stereocenters. The van der Waals surface area contributed by atoms with Crippen LogP contribution in [0, 0.1) is 0 Å². The Morgan fingerprint density at radius 2 is 1.77 bits per heavy atom. The van der Waals surface area contributed by atoms with Crippen molar-refractivity contribution in [3.63, 3.8) is 0 Å². The van der Waals surface area contributed by atoms with Gasteiger partial charge >= 0.3 is 5.69 Å². The zero-order valence-corrected chi connectivity index (χ0v) is 16.5. The molecule has 0 N–H and O–H groups in total. The molecule has 6 nitrogen and oxygen atoms in total. The molecule has 2 heterocycles. The van der Waals surface area contributed by atoms with Gasteiger partial charge in [0.2, 0.25) is 0 Å². The summed E-state index contributed by atoms with van der Waals surface area (Å²) in [4.78, 5) is 38.9. The molecule has 0 saturated carbocycles. The summed E-state index contributed by atoms with van der Waals surface area (Å²) in [6.45, 7) is 2.61. The number of anilines is 1. The summed E-state index contributed by atoms with van der Waals surface area (Å²) in [7, 11) is 3.12. The molecule has 136 valence electrons. The van der Waals surface area contributed by atoms with E-state index in [0.29, 0.717) is 23.5 Å². The summed E-state index contributed by atoms with van der Waals surface area (Å²) in [5.41, 5.74) is 1.93. The van der Waals surface area contributed by atoms with Crippen LogP contribution in [0.4, 0.5) is 5.82 Å². The number of carbonyl (C=O) groups is 1. The maximum atomic E-state index is 12.7. The number of aldehydes is 1. The van der Waals surface area contributed by atoms with Crippen LogP contribution in [0.1, 0.15) is 24.5 Å². The van der Waals surface area contributed by atoms with E-state index in [9.17, 15) is 14.4 Å². The number of allylic oxidation sites excluding steroid dienone is 1. The van der Waals surface area contributed by atoms with Gasteiger partial charge in [-0.1, -0.05) is 35.0 Å². The quantitative estimate of drug-likeness (QED) is 0.715. The van der Waals surface area contributed by atoms with Crippen LogP contribution in [0.25, 0.3) is 5.70 Å². The number of halogens is 1. The minimum atomic E-state index is -0.375. The molecule has 0 fully saturated rings. The second kappa shape index (κ2) is 7.07. The first kappa shape index (κ1) is 18.4. The molecule has 0 unspecified atom stereocenters. The molecule has 1 aromatic carbocycles. The molecule has 0 saturated heterocycles. The fraction of sp³-hybridized carbons (Fsp3) is 0.316. The van der Waals surface area contributed by atoms with Crippen LogP contribution in [0.15, 0.2) is 43.9 Å². The van der Waals surface area contributed by atoms with E-state index in [0.717, 1.165) is 33.0 Å². The Labute approximate surface area is 159 Å². The normalized spacial score (nSPS) is 13.8. The Hall–Kier alpha value is -2.41. The van der Waals surface area contributed by atoms with Crippen LogP contribution in [0.2, 0.25) is 0 Å². The molecule has 0 amide bonds. The van der Waals surface area contributed by atoms with Gasteiger partial charge in [0, 0.05) is 37.1 Å².